The van der Waals surface area contributed by atoms with Gasteiger partial charge in [-0.25, -0.2) is 9.13 Å². The van der Waals surface area contributed by atoms with Gasteiger partial charge in [0.05, 0.1) is 0 Å². The first-order chi connectivity index (χ1) is 9.41. The molecule has 0 radical (unpaired) electrons. The Hall–Kier alpha value is 1.22. The summed E-state index contributed by atoms with van der Waals surface area (Å²) in [4.78, 5) is 43.1. The van der Waals surface area contributed by atoms with Gasteiger partial charge in [0.25, 0.3) is 0 Å². The largest absolute Gasteiger partial charge is 1.00 e. The zero-order valence-electron chi connectivity index (χ0n) is 13.5. The van der Waals surface area contributed by atoms with Crippen molar-refractivity contribution in [3.8, 4) is 0 Å². The van der Waals surface area contributed by atoms with E-state index in [2.05, 4.69) is 13.8 Å². The summed E-state index contributed by atoms with van der Waals surface area (Å²) in [6.07, 6.45) is 12.4. The third-order valence-electron chi connectivity index (χ3n) is 2.10. The smallest absolute Gasteiger partial charge is 0.343 e. The van der Waals surface area contributed by atoms with Gasteiger partial charge in [0, 0.05) is 0 Å². The molecule has 0 spiro atoms. The normalized spacial score (nSPS) is 10.5. The van der Waals surface area contributed by atoms with E-state index >= 15 is 0 Å². The Morgan fingerprint density at radius 2 is 0.909 bits per heavy atom. The van der Waals surface area contributed by atoms with Gasteiger partial charge in [-0.15, -0.1) is 0 Å². The van der Waals surface area contributed by atoms with E-state index in [1.54, 1.807) is 0 Å². The first-order valence-electron chi connectivity index (χ1n) is 6.77. The molecule has 0 amide bonds. The van der Waals surface area contributed by atoms with E-state index < -0.39 is 15.6 Å². The molecular formula is C11H29NaO8P2. The van der Waals surface area contributed by atoms with Crippen LogP contribution in [0.3, 0.4) is 0 Å². The summed E-state index contributed by atoms with van der Waals surface area (Å²) in [5, 5.41) is 0. The van der Waals surface area contributed by atoms with Gasteiger partial charge in [0.1, 0.15) is 0 Å². The molecule has 0 unspecified atom stereocenters. The molecular weight excluding hydrogens is 345 g/mol. The fourth-order valence-electron chi connectivity index (χ4n) is 1.31. The molecule has 0 aromatic rings. The van der Waals surface area contributed by atoms with Crippen LogP contribution in [0.4, 0.5) is 0 Å². The minimum atomic E-state index is -4.64. The number of hydrogen-bond donors (Lipinski definition) is 6. The Morgan fingerprint density at radius 3 is 1.14 bits per heavy atom. The maximum absolute atomic E-state index is 8.88. The van der Waals surface area contributed by atoms with Crippen LogP contribution in [0.2, 0.25) is 0 Å². The quantitative estimate of drug-likeness (QED) is 0.144. The van der Waals surface area contributed by atoms with Crippen molar-refractivity contribution in [3.05, 3.63) is 6.92 Å². The SMILES string of the molecule is O=P(O)(O)O.O=P(O)(O)O.[CH2-]CCCCCCCCCC.[Na+]. The number of hydrogen-bond acceptors (Lipinski definition) is 2. The van der Waals surface area contributed by atoms with Crippen LogP contribution in [-0.4, -0.2) is 29.4 Å². The zero-order valence-corrected chi connectivity index (χ0v) is 17.3. The molecule has 0 saturated carbocycles. The van der Waals surface area contributed by atoms with E-state index in [4.69, 9.17) is 38.5 Å². The summed E-state index contributed by atoms with van der Waals surface area (Å²) in [5.74, 6) is 0. The molecule has 0 saturated heterocycles. The number of phosphoric acid groups is 2. The van der Waals surface area contributed by atoms with Crippen LogP contribution < -0.4 is 29.6 Å². The first-order valence-corrected chi connectivity index (χ1v) is 9.90. The predicted octanol–water partition coefficient (Wildman–Crippen LogP) is -0.502. The Labute approximate surface area is 155 Å². The van der Waals surface area contributed by atoms with Gasteiger partial charge in [-0.05, 0) is 0 Å². The van der Waals surface area contributed by atoms with Gasteiger partial charge in [-0.3, -0.25) is 0 Å². The Kier molecular flexibility index (Phi) is 28.6. The molecule has 0 aromatic heterocycles. The van der Waals surface area contributed by atoms with E-state index in [1.165, 1.54) is 51.4 Å². The van der Waals surface area contributed by atoms with E-state index in [0.29, 0.717) is 0 Å². The van der Waals surface area contributed by atoms with Crippen LogP contribution in [0.1, 0.15) is 64.7 Å². The van der Waals surface area contributed by atoms with Gasteiger partial charge >= 0.3 is 45.2 Å². The molecule has 6 N–H and O–H groups in total. The Balaban J connectivity index is -0.000000124. The summed E-state index contributed by atoms with van der Waals surface area (Å²) < 4.78 is 17.8. The van der Waals surface area contributed by atoms with Gasteiger partial charge in [0.2, 0.25) is 0 Å². The molecule has 0 aliphatic rings. The molecule has 8 nitrogen and oxygen atoms in total. The molecule has 0 heterocycles. The summed E-state index contributed by atoms with van der Waals surface area (Å²) in [6, 6.07) is 0. The van der Waals surface area contributed by atoms with Crippen molar-refractivity contribution in [1.29, 1.82) is 0 Å². The third kappa shape index (κ3) is 102. The third-order valence-corrected chi connectivity index (χ3v) is 2.10. The second-order valence-electron chi connectivity index (χ2n) is 4.35. The molecule has 0 rings (SSSR count). The van der Waals surface area contributed by atoms with E-state index in [9.17, 15) is 0 Å². The average Bonchev–Trinajstić information content (AvgIpc) is 2.23. The molecule has 0 aliphatic heterocycles. The Morgan fingerprint density at radius 1 is 0.682 bits per heavy atom. The van der Waals surface area contributed by atoms with Crippen LogP contribution in [0.15, 0.2) is 0 Å². The topological polar surface area (TPSA) is 156 Å². The maximum Gasteiger partial charge on any atom is 1.00 e. The van der Waals surface area contributed by atoms with Crippen LogP contribution in [-0.2, 0) is 9.13 Å². The molecule has 0 atom stereocenters. The van der Waals surface area contributed by atoms with Crippen LogP contribution in [0.25, 0.3) is 0 Å². The van der Waals surface area contributed by atoms with Crippen molar-refractivity contribution in [3.63, 3.8) is 0 Å². The molecule has 11 heteroatoms. The molecule has 22 heavy (non-hydrogen) atoms. The van der Waals surface area contributed by atoms with Crippen molar-refractivity contribution in [1.82, 2.24) is 0 Å². The fourth-order valence-corrected chi connectivity index (χ4v) is 1.31. The minimum Gasteiger partial charge on any atom is -0.343 e. The standard InChI is InChI=1S/C11H23.Na.2H3O4P/c1-3-5-7-9-11-10-8-6-4-2;;2*1-5(2,3)4/h1,3-11H2,2H3;;2*(H3,1,2,3,4)/q-1;+1;;. The summed E-state index contributed by atoms with van der Waals surface area (Å²) >= 11 is 0. The van der Waals surface area contributed by atoms with Crippen LogP contribution in [0.5, 0.6) is 0 Å². The van der Waals surface area contributed by atoms with Gasteiger partial charge in [-0.2, -0.15) is 6.42 Å². The molecule has 0 bridgehead atoms. The monoisotopic (exact) mass is 374 g/mol. The summed E-state index contributed by atoms with van der Waals surface area (Å²) in [7, 11) is -9.28. The first kappa shape index (κ1) is 31.0. The second kappa shape index (κ2) is 20.3. The van der Waals surface area contributed by atoms with E-state index in [-0.39, 0.29) is 29.6 Å². The van der Waals surface area contributed by atoms with Crippen LogP contribution in [0, 0.1) is 6.92 Å². The van der Waals surface area contributed by atoms with Gasteiger partial charge in [0.15, 0.2) is 0 Å². The van der Waals surface area contributed by atoms with E-state index in [0.717, 1.165) is 6.42 Å². The molecule has 0 aliphatic carbocycles. The van der Waals surface area contributed by atoms with Crippen molar-refractivity contribution in [2.75, 3.05) is 0 Å². The average molecular weight is 374 g/mol. The second-order valence-corrected chi connectivity index (χ2v) is 6.41. The number of rotatable bonds is 8. The molecule has 0 aromatic carbocycles. The van der Waals surface area contributed by atoms with Gasteiger partial charge < -0.3 is 36.3 Å². The summed E-state index contributed by atoms with van der Waals surface area (Å²) in [6.45, 7) is 6.10. The van der Waals surface area contributed by atoms with Gasteiger partial charge in [-0.1, -0.05) is 58.3 Å². The van der Waals surface area contributed by atoms with Crippen molar-refractivity contribution in [2.45, 2.75) is 64.7 Å². The van der Waals surface area contributed by atoms with Crippen molar-refractivity contribution < 1.29 is 68.0 Å². The Bertz CT molecular complexity index is 247. The molecule has 0 fully saturated rings. The van der Waals surface area contributed by atoms with E-state index in [1.807, 2.05) is 0 Å². The van der Waals surface area contributed by atoms with Crippen molar-refractivity contribution in [2.24, 2.45) is 0 Å². The predicted molar refractivity (Wildman–Crippen MR) is 81.1 cm³/mol. The minimum absolute atomic E-state index is 0. The van der Waals surface area contributed by atoms with Crippen LogP contribution >= 0.6 is 15.6 Å². The summed E-state index contributed by atoms with van der Waals surface area (Å²) in [5.41, 5.74) is 0. The maximum atomic E-state index is 8.88. The zero-order chi connectivity index (χ0) is 17.4. The van der Waals surface area contributed by atoms with Crippen molar-refractivity contribution >= 4 is 15.6 Å². The molecule has 132 valence electrons. The fraction of sp³-hybridized carbons (Fsp3) is 0.909. The number of unbranched alkanes of at least 4 members (excludes halogenated alkanes) is 8.